The molecular formula is C17H24O9. The van der Waals surface area contributed by atoms with Crippen molar-refractivity contribution in [3.63, 3.8) is 0 Å². The van der Waals surface area contributed by atoms with Crippen molar-refractivity contribution in [2.75, 3.05) is 6.61 Å². The van der Waals surface area contributed by atoms with Gasteiger partial charge in [-0.3, -0.25) is 19.2 Å². The summed E-state index contributed by atoms with van der Waals surface area (Å²) >= 11 is 0. The molecule has 1 fully saturated rings. The van der Waals surface area contributed by atoms with Gasteiger partial charge in [-0.25, -0.2) is 0 Å². The fourth-order valence-electron chi connectivity index (χ4n) is 2.61. The van der Waals surface area contributed by atoms with E-state index < -0.39 is 54.4 Å². The second-order valence-electron chi connectivity index (χ2n) is 5.69. The highest BCUT2D eigenvalue weighted by molar-refractivity contribution is 5.68. The molecule has 2 unspecified atom stereocenters. The lowest BCUT2D eigenvalue weighted by Gasteiger charge is -2.43. The summed E-state index contributed by atoms with van der Waals surface area (Å²) in [5.74, 6) is -2.49. The summed E-state index contributed by atoms with van der Waals surface area (Å²) in [6.07, 6.45) is -1.72. The molecule has 0 aromatic carbocycles. The Labute approximate surface area is 151 Å². The van der Waals surface area contributed by atoms with Crippen LogP contribution in [0.25, 0.3) is 0 Å². The van der Waals surface area contributed by atoms with E-state index in [9.17, 15) is 19.2 Å². The third-order valence-corrected chi connectivity index (χ3v) is 3.41. The minimum absolute atomic E-state index is 0.230. The molecule has 146 valence electrons. The van der Waals surface area contributed by atoms with Crippen LogP contribution in [-0.2, 0) is 42.9 Å². The minimum Gasteiger partial charge on any atom is -0.463 e. The number of carbonyl (C=O) groups excluding carboxylic acids is 4. The molecule has 1 rings (SSSR count). The first-order valence-corrected chi connectivity index (χ1v) is 8.09. The molecule has 26 heavy (non-hydrogen) atoms. The molecule has 0 radical (unpaired) electrons. The molecule has 0 aromatic rings. The molecule has 0 spiro atoms. The van der Waals surface area contributed by atoms with E-state index in [4.69, 9.17) is 23.7 Å². The summed E-state index contributed by atoms with van der Waals surface area (Å²) < 4.78 is 26.6. The van der Waals surface area contributed by atoms with Gasteiger partial charge in [-0.2, -0.15) is 0 Å². The Bertz CT molecular complexity index is 569. The fraction of sp³-hybridized carbons (Fsp3) is 0.647. The van der Waals surface area contributed by atoms with E-state index >= 15 is 0 Å². The number of hydrogen-bond acceptors (Lipinski definition) is 9. The first-order chi connectivity index (χ1) is 12.1. The van der Waals surface area contributed by atoms with Gasteiger partial charge in [0.15, 0.2) is 18.3 Å². The van der Waals surface area contributed by atoms with Crippen molar-refractivity contribution in [1.82, 2.24) is 0 Å². The van der Waals surface area contributed by atoms with E-state index in [2.05, 4.69) is 0 Å². The number of esters is 4. The van der Waals surface area contributed by atoms with E-state index in [1.54, 1.807) is 19.1 Å². The second kappa shape index (κ2) is 9.91. The molecule has 9 nitrogen and oxygen atoms in total. The Morgan fingerprint density at radius 1 is 0.808 bits per heavy atom. The molecule has 0 aliphatic carbocycles. The predicted molar refractivity (Wildman–Crippen MR) is 86.8 cm³/mol. The molecule has 1 saturated heterocycles. The van der Waals surface area contributed by atoms with Crippen molar-refractivity contribution < 1.29 is 42.9 Å². The highest BCUT2D eigenvalue weighted by Crippen LogP contribution is 2.29. The van der Waals surface area contributed by atoms with Gasteiger partial charge in [-0.05, 0) is 6.92 Å². The molecule has 1 aliphatic rings. The zero-order valence-electron chi connectivity index (χ0n) is 15.4. The Morgan fingerprint density at radius 2 is 1.31 bits per heavy atom. The van der Waals surface area contributed by atoms with Gasteiger partial charge >= 0.3 is 23.9 Å². The van der Waals surface area contributed by atoms with Crippen molar-refractivity contribution >= 4 is 23.9 Å². The quantitative estimate of drug-likeness (QED) is 0.377. The smallest absolute Gasteiger partial charge is 0.303 e. The zero-order chi connectivity index (χ0) is 19.9. The van der Waals surface area contributed by atoms with E-state index in [1.165, 1.54) is 27.7 Å². The van der Waals surface area contributed by atoms with Gasteiger partial charge in [0.05, 0.1) is 0 Å². The van der Waals surface area contributed by atoms with Crippen LogP contribution >= 0.6 is 0 Å². The third-order valence-electron chi connectivity index (χ3n) is 3.41. The number of ether oxygens (including phenoxy) is 5. The fourth-order valence-corrected chi connectivity index (χ4v) is 2.61. The van der Waals surface area contributed by atoms with Crippen LogP contribution in [0.4, 0.5) is 0 Å². The molecule has 5 atom stereocenters. The highest BCUT2D eigenvalue weighted by Gasteiger charge is 2.51. The highest BCUT2D eigenvalue weighted by atomic mass is 16.7. The van der Waals surface area contributed by atoms with Crippen molar-refractivity contribution in [2.24, 2.45) is 0 Å². The Hall–Kier alpha value is -2.42. The van der Waals surface area contributed by atoms with Crippen LogP contribution in [-0.4, -0.2) is 61.0 Å². The summed E-state index contributed by atoms with van der Waals surface area (Å²) in [5, 5.41) is 0. The number of hydrogen-bond donors (Lipinski definition) is 0. The van der Waals surface area contributed by atoms with Gasteiger partial charge in [0, 0.05) is 27.7 Å². The van der Waals surface area contributed by atoms with Gasteiger partial charge in [-0.1, -0.05) is 12.2 Å². The first-order valence-electron chi connectivity index (χ1n) is 8.09. The minimum atomic E-state index is -1.13. The third kappa shape index (κ3) is 6.47. The number of rotatable bonds is 6. The molecular weight excluding hydrogens is 348 g/mol. The normalized spacial score (nSPS) is 28.3. The maximum Gasteiger partial charge on any atom is 0.303 e. The molecule has 1 aliphatic heterocycles. The maximum absolute atomic E-state index is 11.6. The topological polar surface area (TPSA) is 114 Å². The summed E-state index contributed by atoms with van der Waals surface area (Å²) in [6, 6.07) is 0. The summed E-state index contributed by atoms with van der Waals surface area (Å²) in [4.78, 5) is 45.7. The van der Waals surface area contributed by atoms with Crippen molar-refractivity contribution in [3.8, 4) is 0 Å². The van der Waals surface area contributed by atoms with Crippen molar-refractivity contribution in [1.29, 1.82) is 0 Å². The van der Waals surface area contributed by atoms with E-state index in [1.807, 2.05) is 0 Å². The van der Waals surface area contributed by atoms with Crippen molar-refractivity contribution in [2.45, 2.75) is 65.1 Å². The lowest BCUT2D eigenvalue weighted by atomic mass is 9.94. The monoisotopic (exact) mass is 372 g/mol. The van der Waals surface area contributed by atoms with Crippen LogP contribution in [0.15, 0.2) is 12.2 Å². The summed E-state index contributed by atoms with van der Waals surface area (Å²) in [5.41, 5.74) is 0. The number of carbonyl (C=O) groups is 4. The van der Waals surface area contributed by atoms with Gasteiger partial charge < -0.3 is 23.7 Å². The van der Waals surface area contributed by atoms with Gasteiger partial charge in [0.1, 0.15) is 18.8 Å². The van der Waals surface area contributed by atoms with Gasteiger partial charge in [-0.15, -0.1) is 0 Å². The molecule has 0 amide bonds. The van der Waals surface area contributed by atoms with Gasteiger partial charge in [0.2, 0.25) is 0 Å². The van der Waals surface area contributed by atoms with Gasteiger partial charge in [0.25, 0.3) is 0 Å². The largest absolute Gasteiger partial charge is 0.463 e. The lowest BCUT2D eigenvalue weighted by molar-refractivity contribution is -0.244. The first kappa shape index (κ1) is 21.6. The second-order valence-corrected chi connectivity index (χ2v) is 5.69. The van der Waals surface area contributed by atoms with Crippen LogP contribution in [0.3, 0.4) is 0 Å². The van der Waals surface area contributed by atoms with Crippen LogP contribution in [0, 0.1) is 0 Å². The SMILES string of the molecule is CC=C[C@H]1OC(COC(C)=O)[C@H](OC(C)=O)[C@H](OC(C)=O)C1OC(C)=O. The predicted octanol–water partition coefficient (Wildman–Crippen LogP) is 0.688. The number of allylic oxidation sites excluding steroid dienone is 1. The molecule has 0 aromatic heterocycles. The average Bonchev–Trinajstić information content (AvgIpc) is 2.50. The Kier molecular flexibility index (Phi) is 8.24. The summed E-state index contributed by atoms with van der Waals surface area (Å²) in [7, 11) is 0. The van der Waals surface area contributed by atoms with Crippen molar-refractivity contribution in [3.05, 3.63) is 12.2 Å². The standard InChI is InChI=1S/C17H24O9/c1-6-7-13-15(23-10(3)19)17(25-12(5)21)16(24-11(4)20)14(26-13)8-22-9(2)18/h6-7,13-17H,8H2,1-5H3/t13-,14?,15?,16+,17-/m1/s1. The molecule has 9 heteroatoms. The van der Waals surface area contributed by atoms with Crippen LogP contribution in [0.2, 0.25) is 0 Å². The van der Waals surface area contributed by atoms with E-state index in [-0.39, 0.29) is 6.61 Å². The Balaban J connectivity index is 3.26. The lowest BCUT2D eigenvalue weighted by Crippen LogP contribution is -2.61. The Morgan fingerprint density at radius 3 is 1.77 bits per heavy atom. The molecule has 0 N–H and O–H groups in total. The molecule has 0 bridgehead atoms. The maximum atomic E-state index is 11.6. The van der Waals surface area contributed by atoms with Crippen LogP contribution in [0.5, 0.6) is 0 Å². The summed E-state index contributed by atoms with van der Waals surface area (Å²) in [6.45, 7) is 6.27. The molecule has 1 heterocycles. The van der Waals surface area contributed by atoms with E-state index in [0.29, 0.717) is 0 Å². The van der Waals surface area contributed by atoms with E-state index in [0.717, 1.165) is 0 Å². The zero-order valence-corrected chi connectivity index (χ0v) is 15.4. The van der Waals surface area contributed by atoms with Crippen LogP contribution in [0.1, 0.15) is 34.6 Å². The molecule has 0 saturated carbocycles. The van der Waals surface area contributed by atoms with Crippen LogP contribution < -0.4 is 0 Å². The average molecular weight is 372 g/mol.